The molecular weight excluding hydrogens is 352 g/mol. The molecule has 2 N–H and O–H groups in total. The molecule has 1 saturated heterocycles. The second kappa shape index (κ2) is 8.22. The monoisotopic (exact) mass is 379 g/mol. The Morgan fingerprint density at radius 3 is 2.64 bits per heavy atom. The number of ether oxygens (including phenoxy) is 1. The third kappa shape index (κ3) is 3.58. The van der Waals surface area contributed by atoms with Crippen molar-refractivity contribution in [2.45, 2.75) is 6.92 Å². The van der Waals surface area contributed by atoms with Crippen molar-refractivity contribution in [1.29, 1.82) is 0 Å². The molecule has 6 heteroatoms. The van der Waals surface area contributed by atoms with Crippen LogP contribution in [0.1, 0.15) is 6.92 Å². The zero-order valence-electron chi connectivity index (χ0n) is 16.3. The number of hydrogen-bond acceptors (Lipinski definition) is 5. The first kappa shape index (κ1) is 18.8. The van der Waals surface area contributed by atoms with E-state index in [1.165, 1.54) is 10.8 Å². The molecule has 0 aliphatic carbocycles. The van der Waals surface area contributed by atoms with E-state index < -0.39 is 0 Å². The highest BCUT2D eigenvalue weighted by molar-refractivity contribution is 5.94. The lowest BCUT2D eigenvalue weighted by molar-refractivity contribution is 0.201. The summed E-state index contributed by atoms with van der Waals surface area (Å²) in [6, 6.07) is 14.4. The smallest absolute Gasteiger partial charge is 0.236 e. The average molecular weight is 379 g/mol. The zero-order chi connectivity index (χ0) is 19.4. The van der Waals surface area contributed by atoms with E-state index in [9.17, 15) is 0 Å². The van der Waals surface area contributed by atoms with E-state index in [2.05, 4.69) is 47.6 Å². The summed E-state index contributed by atoms with van der Waals surface area (Å²) in [5.41, 5.74) is 1.71. The summed E-state index contributed by atoms with van der Waals surface area (Å²) < 4.78 is 6.31. The molecule has 3 aromatic rings. The molecule has 0 radical (unpaired) electrons. The van der Waals surface area contributed by atoms with Crippen molar-refractivity contribution in [3.05, 3.63) is 48.7 Å². The Labute approximate surface area is 165 Å². The molecule has 0 bridgehead atoms. The molecule has 2 aromatic heterocycles. The van der Waals surface area contributed by atoms with E-state index in [0.717, 1.165) is 54.4 Å². The van der Waals surface area contributed by atoms with Gasteiger partial charge in [0, 0.05) is 13.1 Å². The van der Waals surface area contributed by atoms with Crippen LogP contribution in [0.25, 0.3) is 22.2 Å². The molecule has 0 amide bonds. The van der Waals surface area contributed by atoms with Crippen LogP contribution < -0.4 is 14.5 Å². The lowest BCUT2D eigenvalue weighted by Gasteiger charge is -2.40. The molecule has 0 spiro atoms. The number of aliphatic hydroxyl groups is 1. The molecule has 1 aliphatic rings. The Morgan fingerprint density at radius 1 is 1.11 bits per heavy atom. The largest absolute Gasteiger partial charge is 0.490 e. The van der Waals surface area contributed by atoms with Gasteiger partial charge in [0.15, 0.2) is 0 Å². The van der Waals surface area contributed by atoms with Gasteiger partial charge >= 0.3 is 0 Å². The summed E-state index contributed by atoms with van der Waals surface area (Å²) in [6.45, 7) is 7.61. The average Bonchev–Trinajstić information content (AvgIpc) is 2.77. The molecule has 28 heavy (non-hydrogen) atoms. The van der Waals surface area contributed by atoms with Crippen LogP contribution in [0.4, 0.5) is 5.82 Å². The number of aromatic nitrogens is 2. The second-order valence-electron chi connectivity index (χ2n) is 7.16. The molecule has 146 valence electrons. The minimum Gasteiger partial charge on any atom is -0.490 e. The Balaban J connectivity index is 1.80. The van der Waals surface area contributed by atoms with Crippen molar-refractivity contribution < 1.29 is 9.84 Å². The van der Waals surface area contributed by atoms with Crippen molar-refractivity contribution in [3.63, 3.8) is 0 Å². The maximum absolute atomic E-state index is 8.90. The van der Waals surface area contributed by atoms with Crippen molar-refractivity contribution in [1.82, 2.24) is 19.8 Å². The van der Waals surface area contributed by atoms with Crippen molar-refractivity contribution in [3.8, 4) is 17.1 Å². The van der Waals surface area contributed by atoms with Gasteiger partial charge in [-0.3, -0.25) is 9.47 Å². The first-order valence-electron chi connectivity index (χ1n) is 9.93. The minimum atomic E-state index is -0.0107. The molecule has 1 aromatic carbocycles. The summed E-state index contributed by atoms with van der Waals surface area (Å²) in [6.07, 6.45) is 1.69. The SMILES string of the molecule is CC[N+]1(c2nc(-c3ccc(OCCO)cn3)cc3ccccc23)CCNCC1. The summed E-state index contributed by atoms with van der Waals surface area (Å²) in [5, 5.41) is 14.8. The zero-order valence-corrected chi connectivity index (χ0v) is 16.3. The van der Waals surface area contributed by atoms with Crippen molar-refractivity contribution in [2.75, 3.05) is 45.9 Å². The Morgan fingerprint density at radius 2 is 1.93 bits per heavy atom. The van der Waals surface area contributed by atoms with Gasteiger partial charge in [0.05, 0.1) is 49.2 Å². The predicted octanol–water partition coefficient (Wildman–Crippen LogP) is 2.60. The predicted molar refractivity (Wildman–Crippen MR) is 112 cm³/mol. The van der Waals surface area contributed by atoms with E-state index in [4.69, 9.17) is 14.8 Å². The van der Waals surface area contributed by atoms with E-state index >= 15 is 0 Å². The fourth-order valence-corrected chi connectivity index (χ4v) is 3.95. The number of fused-ring (bicyclic) bond motifs is 1. The van der Waals surface area contributed by atoms with E-state index in [-0.39, 0.29) is 13.2 Å². The van der Waals surface area contributed by atoms with Gasteiger partial charge in [-0.05, 0) is 36.6 Å². The summed E-state index contributed by atoms with van der Waals surface area (Å²) in [4.78, 5) is 9.69. The number of rotatable bonds is 6. The van der Waals surface area contributed by atoms with Gasteiger partial charge in [-0.25, -0.2) is 0 Å². The van der Waals surface area contributed by atoms with Crippen LogP contribution in [0.15, 0.2) is 48.7 Å². The highest BCUT2D eigenvalue weighted by Crippen LogP contribution is 2.34. The second-order valence-corrected chi connectivity index (χ2v) is 7.16. The first-order valence-corrected chi connectivity index (χ1v) is 9.93. The molecule has 1 fully saturated rings. The van der Waals surface area contributed by atoms with E-state index in [1.807, 2.05) is 12.1 Å². The number of nitrogens with zero attached hydrogens (tertiary/aromatic N) is 3. The van der Waals surface area contributed by atoms with Crippen LogP contribution in [-0.2, 0) is 0 Å². The van der Waals surface area contributed by atoms with Crippen LogP contribution in [0, 0.1) is 0 Å². The van der Waals surface area contributed by atoms with Crippen LogP contribution in [0.3, 0.4) is 0 Å². The molecule has 4 rings (SSSR count). The summed E-state index contributed by atoms with van der Waals surface area (Å²) in [5.74, 6) is 1.79. The molecule has 0 unspecified atom stereocenters. The van der Waals surface area contributed by atoms with Crippen molar-refractivity contribution >= 4 is 16.6 Å². The number of quaternary nitrogens is 1. The number of nitrogens with one attached hydrogen (secondary N) is 1. The fourth-order valence-electron chi connectivity index (χ4n) is 3.95. The standard InChI is InChI=1S/C22H27N4O2/c1-2-26(11-9-23-10-12-26)22-19-6-4-3-5-17(19)15-21(25-22)20-8-7-18(16-24-20)28-14-13-27/h3-8,15-16,23,27H,2,9-14H2,1H3/q+1. The first-order chi connectivity index (χ1) is 13.8. The summed E-state index contributed by atoms with van der Waals surface area (Å²) in [7, 11) is 0. The molecule has 0 saturated carbocycles. The lowest BCUT2D eigenvalue weighted by atomic mass is 10.1. The van der Waals surface area contributed by atoms with Gasteiger partial charge in [0.1, 0.15) is 12.4 Å². The van der Waals surface area contributed by atoms with Crippen LogP contribution >= 0.6 is 0 Å². The summed E-state index contributed by atoms with van der Waals surface area (Å²) >= 11 is 0. The Hall–Kier alpha value is -2.54. The number of aliphatic hydroxyl groups excluding tert-OH is 1. The molecule has 1 aliphatic heterocycles. The molecule has 3 heterocycles. The quantitative estimate of drug-likeness (QED) is 0.645. The third-order valence-corrected chi connectivity index (χ3v) is 5.57. The van der Waals surface area contributed by atoms with Crippen LogP contribution in [-0.4, -0.2) is 61.0 Å². The van der Waals surface area contributed by atoms with Crippen LogP contribution in [0.5, 0.6) is 5.75 Å². The normalized spacial score (nSPS) is 16.2. The number of pyridine rings is 2. The molecule has 0 atom stereocenters. The van der Waals surface area contributed by atoms with Crippen LogP contribution in [0.2, 0.25) is 0 Å². The maximum atomic E-state index is 8.90. The minimum absolute atomic E-state index is 0.0107. The van der Waals surface area contributed by atoms with Gasteiger partial charge in [-0.15, -0.1) is 0 Å². The van der Waals surface area contributed by atoms with Gasteiger partial charge in [-0.1, -0.05) is 18.2 Å². The highest BCUT2D eigenvalue weighted by atomic mass is 16.5. The third-order valence-electron chi connectivity index (χ3n) is 5.57. The Kier molecular flexibility index (Phi) is 5.52. The van der Waals surface area contributed by atoms with E-state index in [1.54, 1.807) is 6.20 Å². The Bertz CT molecular complexity index is 937. The molecular formula is C22H27N4O2+. The molecule has 6 nitrogen and oxygen atoms in total. The number of hydrogen-bond donors (Lipinski definition) is 2. The van der Waals surface area contributed by atoms with Gasteiger partial charge < -0.3 is 15.2 Å². The number of likely N-dealkylation sites (N-methyl/N-ethyl adjacent to an activating group) is 1. The number of benzene rings is 1. The maximum Gasteiger partial charge on any atom is 0.236 e. The highest BCUT2D eigenvalue weighted by Gasteiger charge is 2.34. The topological polar surface area (TPSA) is 67.3 Å². The van der Waals surface area contributed by atoms with Crippen molar-refractivity contribution in [2.24, 2.45) is 0 Å². The lowest BCUT2D eigenvalue weighted by Crippen LogP contribution is -2.60. The van der Waals surface area contributed by atoms with Gasteiger partial charge in [0.25, 0.3) is 0 Å². The number of piperazine rings is 1. The van der Waals surface area contributed by atoms with Gasteiger partial charge in [-0.2, -0.15) is 4.98 Å². The fraction of sp³-hybridized carbons (Fsp3) is 0.364. The van der Waals surface area contributed by atoms with E-state index in [0.29, 0.717) is 5.75 Å². The van der Waals surface area contributed by atoms with Gasteiger partial charge in [0.2, 0.25) is 5.82 Å².